The normalized spacial score (nSPS) is 18.2. The van der Waals surface area contributed by atoms with Gasteiger partial charge in [0.05, 0.1) is 0 Å². The largest absolute Gasteiger partial charge is 0.343 e. The third kappa shape index (κ3) is 7.28. The lowest BCUT2D eigenvalue weighted by atomic mass is 9.93. The van der Waals surface area contributed by atoms with Crippen LogP contribution in [0.3, 0.4) is 0 Å². The van der Waals surface area contributed by atoms with Crippen molar-refractivity contribution in [1.82, 2.24) is 9.80 Å². The smallest absolute Gasteiger partial charge is 0.222 e. The Labute approximate surface area is 131 Å². The molecule has 1 atom stereocenters. The Kier molecular flexibility index (Phi) is 8.93. The average molecular weight is 297 g/mol. The van der Waals surface area contributed by atoms with Gasteiger partial charge in [-0.05, 0) is 58.2 Å². The van der Waals surface area contributed by atoms with Gasteiger partial charge in [-0.15, -0.1) is 0 Å². The summed E-state index contributed by atoms with van der Waals surface area (Å²) in [4.78, 5) is 16.7. The molecule has 1 amide bonds. The van der Waals surface area contributed by atoms with Crippen LogP contribution in [0.15, 0.2) is 0 Å². The fraction of sp³-hybridized carbons (Fsp3) is 0.941. The quantitative estimate of drug-likeness (QED) is 0.710. The second-order valence-corrected chi connectivity index (χ2v) is 6.86. The third-order valence-corrected chi connectivity index (χ3v) is 4.63. The molecule has 1 rings (SSSR count). The minimum absolute atomic E-state index is 0.358. The molecule has 21 heavy (non-hydrogen) atoms. The zero-order valence-electron chi connectivity index (χ0n) is 14.3. The SMILES string of the molecule is CCCC(CCN)CCC(=O)N1CCC(CN(C)C)CC1. The number of carbonyl (C=O) groups excluding carboxylic acids is 1. The Morgan fingerprint density at radius 1 is 1.24 bits per heavy atom. The molecule has 1 fully saturated rings. The van der Waals surface area contributed by atoms with E-state index in [0.717, 1.165) is 57.8 Å². The molecule has 1 aliphatic rings. The number of nitrogens with two attached hydrogens (primary N) is 1. The summed E-state index contributed by atoms with van der Waals surface area (Å²) in [5, 5.41) is 0. The minimum Gasteiger partial charge on any atom is -0.343 e. The van der Waals surface area contributed by atoms with E-state index in [2.05, 4.69) is 30.8 Å². The first-order valence-electron chi connectivity index (χ1n) is 8.69. The lowest BCUT2D eigenvalue weighted by Gasteiger charge is -2.33. The molecule has 2 N–H and O–H groups in total. The topological polar surface area (TPSA) is 49.6 Å². The second-order valence-electron chi connectivity index (χ2n) is 6.86. The highest BCUT2D eigenvalue weighted by molar-refractivity contribution is 5.76. The summed E-state index contributed by atoms with van der Waals surface area (Å²) in [5.74, 6) is 1.75. The molecule has 4 nitrogen and oxygen atoms in total. The maximum Gasteiger partial charge on any atom is 0.222 e. The van der Waals surface area contributed by atoms with Crippen molar-refractivity contribution >= 4 is 5.91 Å². The molecule has 1 unspecified atom stereocenters. The van der Waals surface area contributed by atoms with E-state index in [1.54, 1.807) is 0 Å². The van der Waals surface area contributed by atoms with Crippen molar-refractivity contribution in [2.24, 2.45) is 17.6 Å². The van der Waals surface area contributed by atoms with Crippen molar-refractivity contribution in [3.05, 3.63) is 0 Å². The first kappa shape index (κ1) is 18.4. The van der Waals surface area contributed by atoms with E-state index in [-0.39, 0.29) is 0 Å². The highest BCUT2D eigenvalue weighted by Crippen LogP contribution is 2.21. The Hall–Kier alpha value is -0.610. The van der Waals surface area contributed by atoms with Crippen molar-refractivity contribution in [3.63, 3.8) is 0 Å². The number of likely N-dealkylation sites (tertiary alicyclic amines) is 1. The molecule has 124 valence electrons. The lowest BCUT2D eigenvalue weighted by molar-refractivity contribution is -0.133. The molecular formula is C17H35N3O. The van der Waals surface area contributed by atoms with E-state index in [1.807, 2.05) is 0 Å². The van der Waals surface area contributed by atoms with Crippen molar-refractivity contribution in [2.45, 2.75) is 51.9 Å². The summed E-state index contributed by atoms with van der Waals surface area (Å²) >= 11 is 0. The van der Waals surface area contributed by atoms with Crippen LogP contribution in [-0.2, 0) is 4.79 Å². The summed E-state index contributed by atoms with van der Waals surface area (Å²) in [5.41, 5.74) is 5.66. The molecule has 1 saturated heterocycles. The highest BCUT2D eigenvalue weighted by atomic mass is 16.2. The van der Waals surface area contributed by atoms with Crippen LogP contribution in [0.2, 0.25) is 0 Å². The molecule has 0 aromatic heterocycles. The average Bonchev–Trinajstić information content (AvgIpc) is 2.45. The summed E-state index contributed by atoms with van der Waals surface area (Å²) in [7, 11) is 4.26. The van der Waals surface area contributed by atoms with Gasteiger partial charge in [0.15, 0.2) is 0 Å². The van der Waals surface area contributed by atoms with Crippen LogP contribution in [0.1, 0.15) is 51.9 Å². The Bertz CT molecular complexity index is 280. The molecular weight excluding hydrogens is 262 g/mol. The number of nitrogens with zero attached hydrogens (tertiary/aromatic N) is 2. The molecule has 0 spiro atoms. The summed E-state index contributed by atoms with van der Waals surface area (Å²) in [6, 6.07) is 0. The number of amides is 1. The molecule has 0 aromatic carbocycles. The van der Waals surface area contributed by atoms with Crippen molar-refractivity contribution < 1.29 is 4.79 Å². The maximum atomic E-state index is 12.3. The van der Waals surface area contributed by atoms with Crippen molar-refractivity contribution in [2.75, 3.05) is 40.3 Å². The monoisotopic (exact) mass is 297 g/mol. The highest BCUT2D eigenvalue weighted by Gasteiger charge is 2.23. The van der Waals surface area contributed by atoms with Crippen LogP contribution in [0.5, 0.6) is 0 Å². The Morgan fingerprint density at radius 2 is 1.90 bits per heavy atom. The van der Waals surface area contributed by atoms with Gasteiger partial charge in [0.25, 0.3) is 0 Å². The standard InChI is InChI=1S/C17H35N3O/c1-4-5-15(8-11-18)6-7-17(21)20-12-9-16(10-13-20)14-19(2)3/h15-16H,4-14,18H2,1-3H3. The molecule has 0 radical (unpaired) electrons. The van der Waals surface area contributed by atoms with E-state index in [9.17, 15) is 4.79 Å². The Morgan fingerprint density at radius 3 is 2.43 bits per heavy atom. The van der Waals surface area contributed by atoms with Gasteiger partial charge in [-0.1, -0.05) is 19.8 Å². The minimum atomic E-state index is 0.358. The number of carbonyl (C=O) groups is 1. The predicted molar refractivity (Wildman–Crippen MR) is 89.2 cm³/mol. The van der Waals surface area contributed by atoms with Gasteiger partial charge in [-0.2, -0.15) is 0 Å². The van der Waals surface area contributed by atoms with Gasteiger partial charge in [0.1, 0.15) is 0 Å². The molecule has 1 aliphatic heterocycles. The summed E-state index contributed by atoms with van der Waals surface area (Å²) in [6.45, 7) is 6.01. The van der Waals surface area contributed by atoms with Gasteiger partial charge in [-0.25, -0.2) is 0 Å². The van der Waals surface area contributed by atoms with E-state index >= 15 is 0 Å². The summed E-state index contributed by atoms with van der Waals surface area (Å²) < 4.78 is 0. The van der Waals surface area contributed by atoms with Crippen LogP contribution in [0.25, 0.3) is 0 Å². The number of hydrogen-bond donors (Lipinski definition) is 1. The molecule has 0 aromatic rings. The number of rotatable bonds is 9. The van der Waals surface area contributed by atoms with Gasteiger partial charge in [-0.3, -0.25) is 4.79 Å². The van der Waals surface area contributed by atoms with Gasteiger partial charge in [0.2, 0.25) is 5.91 Å². The first-order chi connectivity index (χ1) is 10.1. The molecule has 0 saturated carbocycles. The fourth-order valence-electron chi connectivity index (χ4n) is 3.44. The zero-order valence-corrected chi connectivity index (χ0v) is 14.3. The zero-order chi connectivity index (χ0) is 15.7. The van der Waals surface area contributed by atoms with E-state index in [1.165, 1.54) is 12.8 Å². The van der Waals surface area contributed by atoms with Gasteiger partial charge >= 0.3 is 0 Å². The molecule has 1 heterocycles. The van der Waals surface area contributed by atoms with Crippen molar-refractivity contribution in [3.8, 4) is 0 Å². The van der Waals surface area contributed by atoms with Crippen molar-refractivity contribution in [1.29, 1.82) is 0 Å². The van der Waals surface area contributed by atoms with E-state index in [0.29, 0.717) is 18.2 Å². The van der Waals surface area contributed by atoms with Gasteiger partial charge < -0.3 is 15.5 Å². The van der Waals surface area contributed by atoms with E-state index in [4.69, 9.17) is 5.73 Å². The predicted octanol–water partition coefficient (Wildman–Crippen LogP) is 2.33. The number of hydrogen-bond acceptors (Lipinski definition) is 3. The molecule has 0 aliphatic carbocycles. The first-order valence-corrected chi connectivity index (χ1v) is 8.69. The third-order valence-electron chi connectivity index (χ3n) is 4.63. The Balaban J connectivity index is 2.27. The second kappa shape index (κ2) is 10.2. The van der Waals surface area contributed by atoms with E-state index < -0.39 is 0 Å². The summed E-state index contributed by atoms with van der Waals surface area (Å²) in [6.07, 6.45) is 7.50. The van der Waals surface area contributed by atoms with Crippen LogP contribution in [-0.4, -0.2) is 56.0 Å². The lowest BCUT2D eigenvalue weighted by Crippen LogP contribution is -2.40. The van der Waals surface area contributed by atoms with Gasteiger partial charge in [0, 0.05) is 26.1 Å². The van der Waals surface area contributed by atoms with Crippen LogP contribution >= 0.6 is 0 Å². The maximum absolute atomic E-state index is 12.3. The fourth-order valence-corrected chi connectivity index (χ4v) is 3.44. The molecule has 0 bridgehead atoms. The van der Waals surface area contributed by atoms with Crippen LogP contribution in [0.4, 0.5) is 0 Å². The molecule has 4 heteroatoms. The van der Waals surface area contributed by atoms with Crippen LogP contribution < -0.4 is 5.73 Å². The van der Waals surface area contributed by atoms with Crippen LogP contribution in [0, 0.1) is 11.8 Å². The number of piperidine rings is 1.